The second-order valence-electron chi connectivity index (χ2n) is 4.52. The van der Waals surface area contributed by atoms with Gasteiger partial charge in [-0.15, -0.1) is 0 Å². The van der Waals surface area contributed by atoms with Crippen LogP contribution in [0.2, 0.25) is 0 Å². The van der Waals surface area contributed by atoms with Crippen LogP contribution in [0.15, 0.2) is 24.3 Å². The highest BCUT2D eigenvalue weighted by Crippen LogP contribution is 2.26. The largest absolute Gasteiger partial charge is 0.309 e. The molecule has 1 aromatic carbocycles. The van der Waals surface area contributed by atoms with Gasteiger partial charge in [0.2, 0.25) is 0 Å². The van der Waals surface area contributed by atoms with Gasteiger partial charge in [-0.2, -0.15) is 11.8 Å². The number of hydrogen-bond donors (Lipinski definition) is 1. The average Bonchev–Trinajstić information content (AvgIpc) is 2.73. The lowest BCUT2D eigenvalue weighted by Gasteiger charge is -2.16. The standard InChI is InChI=1S/C14H21NS/c1-3-12-4-6-13(7-5-12)10-15-14-8-9-16-11(14)2/h4-7,11,14-15H,3,8-10H2,1-2H3. The second kappa shape index (κ2) is 5.74. The zero-order chi connectivity index (χ0) is 11.4. The van der Waals surface area contributed by atoms with Crippen molar-refractivity contribution >= 4 is 11.8 Å². The van der Waals surface area contributed by atoms with E-state index >= 15 is 0 Å². The lowest BCUT2D eigenvalue weighted by Crippen LogP contribution is -2.32. The van der Waals surface area contributed by atoms with E-state index in [-0.39, 0.29) is 0 Å². The zero-order valence-electron chi connectivity index (χ0n) is 10.2. The molecule has 1 heterocycles. The van der Waals surface area contributed by atoms with Gasteiger partial charge >= 0.3 is 0 Å². The monoisotopic (exact) mass is 235 g/mol. The Hall–Kier alpha value is -0.470. The molecule has 16 heavy (non-hydrogen) atoms. The fraction of sp³-hybridized carbons (Fsp3) is 0.571. The number of rotatable bonds is 4. The van der Waals surface area contributed by atoms with Crippen LogP contribution in [-0.2, 0) is 13.0 Å². The van der Waals surface area contributed by atoms with Crippen LogP contribution >= 0.6 is 11.8 Å². The molecule has 0 radical (unpaired) electrons. The van der Waals surface area contributed by atoms with Crippen molar-refractivity contribution in [3.63, 3.8) is 0 Å². The van der Waals surface area contributed by atoms with Crippen LogP contribution in [0, 0.1) is 0 Å². The maximum Gasteiger partial charge on any atom is 0.0208 e. The summed E-state index contributed by atoms with van der Waals surface area (Å²) in [4.78, 5) is 0. The summed E-state index contributed by atoms with van der Waals surface area (Å²) < 4.78 is 0. The van der Waals surface area contributed by atoms with E-state index in [1.807, 2.05) is 0 Å². The van der Waals surface area contributed by atoms with Crippen molar-refractivity contribution in [3.05, 3.63) is 35.4 Å². The van der Waals surface area contributed by atoms with Gasteiger partial charge in [-0.05, 0) is 29.7 Å². The first-order chi connectivity index (χ1) is 7.79. The third-order valence-electron chi connectivity index (χ3n) is 3.38. The van der Waals surface area contributed by atoms with Crippen molar-refractivity contribution in [2.45, 2.75) is 44.5 Å². The predicted octanol–water partition coefficient (Wildman–Crippen LogP) is 3.23. The molecule has 0 aromatic heterocycles. The lowest BCUT2D eigenvalue weighted by atomic mass is 10.1. The molecule has 2 unspecified atom stereocenters. The molecule has 1 fully saturated rings. The van der Waals surface area contributed by atoms with Gasteiger partial charge in [0, 0.05) is 17.8 Å². The SMILES string of the molecule is CCc1ccc(CNC2CCSC2C)cc1. The first-order valence-corrected chi connectivity index (χ1v) is 7.27. The first-order valence-electron chi connectivity index (χ1n) is 6.22. The van der Waals surface area contributed by atoms with E-state index in [0.717, 1.165) is 18.2 Å². The van der Waals surface area contributed by atoms with Crippen LogP contribution in [0.5, 0.6) is 0 Å². The lowest BCUT2D eigenvalue weighted by molar-refractivity contribution is 0.513. The van der Waals surface area contributed by atoms with Crippen molar-refractivity contribution < 1.29 is 0 Å². The topological polar surface area (TPSA) is 12.0 Å². The third kappa shape index (κ3) is 3.02. The van der Waals surface area contributed by atoms with E-state index < -0.39 is 0 Å². The Balaban J connectivity index is 1.84. The summed E-state index contributed by atoms with van der Waals surface area (Å²) in [5.74, 6) is 1.31. The van der Waals surface area contributed by atoms with Crippen molar-refractivity contribution in [3.8, 4) is 0 Å². The highest BCUT2D eigenvalue weighted by atomic mass is 32.2. The van der Waals surface area contributed by atoms with Gasteiger partial charge in [0.25, 0.3) is 0 Å². The van der Waals surface area contributed by atoms with Crippen LogP contribution < -0.4 is 5.32 Å². The minimum atomic E-state index is 0.704. The molecule has 2 rings (SSSR count). The molecule has 0 amide bonds. The number of aryl methyl sites for hydroxylation is 1. The summed E-state index contributed by atoms with van der Waals surface area (Å²) in [6, 6.07) is 9.68. The Bertz CT molecular complexity index is 320. The molecule has 1 aromatic rings. The Labute approximate surface area is 103 Å². The molecule has 0 saturated carbocycles. The normalized spacial score (nSPS) is 24.9. The Morgan fingerprint density at radius 1 is 1.25 bits per heavy atom. The Kier molecular flexibility index (Phi) is 4.30. The molecule has 2 atom stereocenters. The summed E-state index contributed by atoms with van der Waals surface area (Å²) in [6.07, 6.45) is 2.45. The molecule has 88 valence electrons. The maximum atomic E-state index is 3.66. The van der Waals surface area contributed by atoms with Gasteiger partial charge < -0.3 is 5.32 Å². The summed E-state index contributed by atoms with van der Waals surface area (Å²) in [6.45, 7) is 5.54. The Morgan fingerprint density at radius 3 is 2.50 bits per heavy atom. The zero-order valence-corrected chi connectivity index (χ0v) is 11.0. The summed E-state index contributed by atoms with van der Waals surface area (Å²) in [5, 5.41) is 4.44. The van der Waals surface area contributed by atoms with E-state index in [9.17, 15) is 0 Å². The summed E-state index contributed by atoms with van der Waals surface area (Å²) >= 11 is 2.08. The molecule has 1 N–H and O–H groups in total. The third-order valence-corrected chi connectivity index (χ3v) is 4.70. The highest BCUT2D eigenvalue weighted by molar-refractivity contribution is 8.00. The van der Waals surface area contributed by atoms with Gasteiger partial charge in [0.1, 0.15) is 0 Å². The number of hydrogen-bond acceptors (Lipinski definition) is 2. The van der Waals surface area contributed by atoms with Crippen LogP contribution in [0.3, 0.4) is 0 Å². The fourth-order valence-electron chi connectivity index (χ4n) is 2.14. The van der Waals surface area contributed by atoms with Gasteiger partial charge in [-0.3, -0.25) is 0 Å². The van der Waals surface area contributed by atoms with Gasteiger partial charge in [0.15, 0.2) is 0 Å². The van der Waals surface area contributed by atoms with Crippen LogP contribution in [0.25, 0.3) is 0 Å². The molecule has 1 aliphatic heterocycles. The molecular formula is C14H21NS. The van der Waals surface area contributed by atoms with Crippen LogP contribution in [0.4, 0.5) is 0 Å². The van der Waals surface area contributed by atoms with Gasteiger partial charge in [0.05, 0.1) is 0 Å². The van der Waals surface area contributed by atoms with Gasteiger partial charge in [-0.25, -0.2) is 0 Å². The van der Waals surface area contributed by atoms with E-state index in [1.54, 1.807) is 0 Å². The minimum absolute atomic E-state index is 0.704. The second-order valence-corrected chi connectivity index (χ2v) is 6.01. The predicted molar refractivity (Wildman–Crippen MR) is 73.0 cm³/mol. The molecule has 1 aliphatic rings. The number of thioether (sulfide) groups is 1. The van der Waals surface area contributed by atoms with E-state index in [4.69, 9.17) is 0 Å². The minimum Gasteiger partial charge on any atom is -0.309 e. The summed E-state index contributed by atoms with van der Waals surface area (Å²) in [7, 11) is 0. The van der Waals surface area contributed by atoms with E-state index in [1.165, 1.54) is 23.3 Å². The van der Waals surface area contributed by atoms with E-state index in [0.29, 0.717) is 6.04 Å². The number of nitrogens with one attached hydrogen (secondary N) is 1. The molecule has 0 aliphatic carbocycles. The molecule has 0 spiro atoms. The van der Waals surface area contributed by atoms with Crippen molar-refractivity contribution in [1.82, 2.24) is 5.32 Å². The quantitative estimate of drug-likeness (QED) is 0.860. The van der Waals surface area contributed by atoms with Gasteiger partial charge in [-0.1, -0.05) is 38.1 Å². The molecule has 1 nitrogen and oxygen atoms in total. The molecular weight excluding hydrogens is 214 g/mol. The van der Waals surface area contributed by atoms with Crippen molar-refractivity contribution in [1.29, 1.82) is 0 Å². The molecule has 1 saturated heterocycles. The fourth-order valence-corrected chi connectivity index (χ4v) is 3.37. The number of benzene rings is 1. The maximum absolute atomic E-state index is 3.66. The van der Waals surface area contributed by atoms with Crippen LogP contribution in [0.1, 0.15) is 31.4 Å². The molecule has 0 bridgehead atoms. The van der Waals surface area contributed by atoms with Crippen molar-refractivity contribution in [2.24, 2.45) is 0 Å². The smallest absolute Gasteiger partial charge is 0.0208 e. The van der Waals surface area contributed by atoms with Crippen LogP contribution in [-0.4, -0.2) is 17.0 Å². The van der Waals surface area contributed by atoms with Crippen molar-refractivity contribution in [2.75, 3.05) is 5.75 Å². The summed E-state index contributed by atoms with van der Waals surface area (Å²) in [5.41, 5.74) is 2.83. The molecule has 2 heteroatoms. The Morgan fingerprint density at radius 2 is 1.94 bits per heavy atom. The first kappa shape index (κ1) is 12.0. The highest BCUT2D eigenvalue weighted by Gasteiger charge is 2.22. The average molecular weight is 235 g/mol. The van der Waals surface area contributed by atoms with E-state index in [2.05, 4.69) is 55.2 Å².